The van der Waals surface area contributed by atoms with Crippen molar-refractivity contribution >= 4 is 52.5 Å². The van der Waals surface area contributed by atoms with Crippen LogP contribution in [0.4, 0.5) is 0 Å². The molecule has 8 heteroatoms. The zero-order valence-electron chi connectivity index (χ0n) is 16.4. The molecule has 1 saturated heterocycles. The number of halogens is 3. The first-order valence-electron chi connectivity index (χ1n) is 10.2. The Balaban J connectivity index is 1.55. The third kappa shape index (κ3) is 3.34. The summed E-state index contributed by atoms with van der Waals surface area (Å²) in [5.74, 6) is -1.37. The van der Waals surface area contributed by atoms with Gasteiger partial charge in [0.1, 0.15) is 0 Å². The van der Waals surface area contributed by atoms with Gasteiger partial charge >= 0.3 is 0 Å². The van der Waals surface area contributed by atoms with Gasteiger partial charge in [0, 0.05) is 10.0 Å². The molecule has 0 N–H and O–H groups in total. The van der Waals surface area contributed by atoms with E-state index >= 15 is 0 Å². The summed E-state index contributed by atoms with van der Waals surface area (Å²) in [6.07, 6.45) is 2.84. The molecule has 1 heterocycles. The molecule has 1 aliphatic heterocycles. The molecule has 4 atom stereocenters. The average molecular weight is 478 g/mol. The summed E-state index contributed by atoms with van der Waals surface area (Å²) >= 11 is 18.6. The fourth-order valence-corrected chi connectivity index (χ4v) is 6.13. The van der Waals surface area contributed by atoms with Gasteiger partial charge in [-0.15, -0.1) is 0 Å². The van der Waals surface area contributed by atoms with E-state index in [1.807, 2.05) is 0 Å². The third-order valence-corrected chi connectivity index (χ3v) is 7.74. The van der Waals surface area contributed by atoms with E-state index in [1.54, 1.807) is 42.5 Å². The van der Waals surface area contributed by atoms with Crippen LogP contribution in [0.25, 0.3) is 0 Å². The number of imide groups is 1. The predicted octanol–water partition coefficient (Wildman–Crippen LogP) is 5.24. The predicted molar refractivity (Wildman–Crippen MR) is 117 cm³/mol. The molecular weight excluding hydrogens is 459 g/mol. The second-order valence-electron chi connectivity index (χ2n) is 8.45. The summed E-state index contributed by atoms with van der Waals surface area (Å²) in [6, 6.07) is 11.5. The molecule has 5 rings (SSSR count). The Morgan fingerprint density at radius 3 is 2.19 bits per heavy atom. The van der Waals surface area contributed by atoms with E-state index in [9.17, 15) is 14.4 Å². The zero-order valence-corrected chi connectivity index (χ0v) is 18.7. The first-order valence-corrected chi connectivity index (χ1v) is 11.4. The van der Waals surface area contributed by atoms with Gasteiger partial charge in [0.15, 0.2) is 0 Å². The van der Waals surface area contributed by atoms with Crippen LogP contribution in [0.2, 0.25) is 15.1 Å². The topological polar surface area (TPSA) is 57.7 Å². The van der Waals surface area contributed by atoms with Crippen molar-refractivity contribution in [2.24, 2.45) is 23.7 Å². The van der Waals surface area contributed by atoms with Crippen molar-refractivity contribution in [2.75, 3.05) is 0 Å². The Bertz CT molecular complexity index is 1080. The Morgan fingerprint density at radius 1 is 0.935 bits per heavy atom. The molecule has 3 amide bonds. The first-order chi connectivity index (χ1) is 14.9. The minimum Gasteiger partial charge on any atom is -0.272 e. The number of hydrogen-bond acceptors (Lipinski definition) is 3. The highest BCUT2D eigenvalue weighted by Gasteiger charge is 2.62. The highest BCUT2D eigenvalue weighted by Crippen LogP contribution is 2.56. The fraction of sp³-hybridized carbons (Fsp3) is 0.348. The maximum atomic E-state index is 13.6. The number of fused-ring (bicyclic) bond motifs is 5. The van der Waals surface area contributed by atoms with Crippen LogP contribution in [-0.2, 0) is 16.1 Å². The minimum atomic E-state index is -0.523. The average Bonchev–Trinajstić information content (AvgIpc) is 3.42. The molecular formula is C23H19Cl3N2O3. The largest absolute Gasteiger partial charge is 0.274 e. The first kappa shape index (κ1) is 20.8. The quantitative estimate of drug-likeness (QED) is 0.566. The van der Waals surface area contributed by atoms with Crippen molar-refractivity contribution < 1.29 is 14.4 Å². The lowest BCUT2D eigenvalue weighted by molar-refractivity contribution is -0.156. The standard InChI is InChI=1S/C23H19Cl3N2O3/c24-15-8-7-14(18(26)10-15)11-27(21(29)16-3-1-2-4-17(16)25)28-22(30)19-12-5-6-13(9-12)20(19)23(28)31/h1-4,7-8,10,12-13,19-20H,5-6,9,11H2/t12-,13-,19+,20+/m0/s1. The van der Waals surface area contributed by atoms with E-state index < -0.39 is 5.91 Å². The van der Waals surface area contributed by atoms with E-state index in [4.69, 9.17) is 34.8 Å². The maximum absolute atomic E-state index is 13.6. The number of carbonyl (C=O) groups excluding carboxylic acids is 3. The Labute approximate surface area is 194 Å². The van der Waals surface area contributed by atoms with Gasteiger partial charge in [-0.05, 0) is 60.9 Å². The van der Waals surface area contributed by atoms with Crippen molar-refractivity contribution in [3.05, 3.63) is 68.7 Å². The maximum Gasteiger partial charge on any atom is 0.274 e. The van der Waals surface area contributed by atoms with E-state index in [1.165, 1.54) is 5.01 Å². The molecule has 31 heavy (non-hydrogen) atoms. The van der Waals surface area contributed by atoms with Crippen LogP contribution in [0.3, 0.4) is 0 Å². The number of amides is 3. The number of rotatable bonds is 4. The number of hydrogen-bond donors (Lipinski definition) is 0. The van der Waals surface area contributed by atoms with Crippen molar-refractivity contribution in [1.29, 1.82) is 0 Å². The van der Waals surface area contributed by atoms with Gasteiger partial charge in [-0.1, -0.05) is 53.0 Å². The molecule has 5 nitrogen and oxygen atoms in total. The molecule has 0 radical (unpaired) electrons. The summed E-state index contributed by atoms with van der Waals surface area (Å²) in [5.41, 5.74) is 0.794. The van der Waals surface area contributed by atoms with Gasteiger partial charge in [0.05, 0.1) is 29.0 Å². The minimum absolute atomic E-state index is 0.0493. The second kappa shape index (κ2) is 7.80. The molecule has 2 saturated carbocycles. The van der Waals surface area contributed by atoms with Crippen molar-refractivity contribution in [2.45, 2.75) is 25.8 Å². The SMILES string of the molecule is O=C(c1ccccc1Cl)N(Cc1ccc(Cl)cc1Cl)N1C(=O)[C@@H]2[C@H]3CC[C@@H](C3)[C@H]2C1=O. The third-order valence-electron chi connectivity index (χ3n) is 6.82. The van der Waals surface area contributed by atoms with Gasteiger partial charge in [-0.2, -0.15) is 5.01 Å². The normalized spacial score (nSPS) is 26.5. The zero-order chi connectivity index (χ0) is 21.9. The summed E-state index contributed by atoms with van der Waals surface area (Å²) in [4.78, 5) is 40.4. The molecule has 2 aliphatic carbocycles. The lowest BCUT2D eigenvalue weighted by Crippen LogP contribution is -2.50. The van der Waals surface area contributed by atoms with Crippen molar-refractivity contribution in [3.8, 4) is 0 Å². The van der Waals surface area contributed by atoms with Crippen molar-refractivity contribution in [1.82, 2.24) is 10.0 Å². The number of hydrazine groups is 1. The van der Waals surface area contributed by atoms with Crippen LogP contribution in [0.5, 0.6) is 0 Å². The van der Waals surface area contributed by atoms with E-state index in [-0.39, 0.29) is 52.6 Å². The van der Waals surface area contributed by atoms with E-state index in [0.717, 1.165) is 24.3 Å². The molecule has 2 aromatic carbocycles. The lowest BCUT2D eigenvalue weighted by Gasteiger charge is -2.32. The molecule has 3 aliphatic rings. The number of benzene rings is 2. The molecule has 0 aromatic heterocycles. The van der Waals surface area contributed by atoms with Gasteiger partial charge in [0.2, 0.25) is 0 Å². The van der Waals surface area contributed by atoms with Crippen LogP contribution in [0.15, 0.2) is 42.5 Å². The Kier molecular flexibility index (Phi) is 5.24. The monoisotopic (exact) mass is 476 g/mol. The van der Waals surface area contributed by atoms with Gasteiger partial charge < -0.3 is 0 Å². The number of nitrogens with zero attached hydrogens (tertiary/aromatic N) is 2. The summed E-state index contributed by atoms with van der Waals surface area (Å²) < 4.78 is 0. The second-order valence-corrected chi connectivity index (χ2v) is 9.70. The van der Waals surface area contributed by atoms with Gasteiger partial charge in [-0.3, -0.25) is 14.4 Å². The van der Waals surface area contributed by atoms with Crippen LogP contribution in [-0.4, -0.2) is 27.7 Å². The molecule has 0 spiro atoms. The molecule has 0 unspecified atom stereocenters. The van der Waals surface area contributed by atoms with E-state index in [2.05, 4.69) is 0 Å². The Morgan fingerprint density at radius 2 is 1.58 bits per heavy atom. The summed E-state index contributed by atoms with van der Waals surface area (Å²) in [6.45, 7) is -0.0493. The summed E-state index contributed by atoms with van der Waals surface area (Å²) in [7, 11) is 0. The van der Waals surface area contributed by atoms with Crippen LogP contribution >= 0.6 is 34.8 Å². The lowest BCUT2D eigenvalue weighted by atomic mass is 9.81. The van der Waals surface area contributed by atoms with Crippen LogP contribution < -0.4 is 0 Å². The highest BCUT2D eigenvalue weighted by molar-refractivity contribution is 6.35. The van der Waals surface area contributed by atoms with Crippen LogP contribution in [0, 0.1) is 23.7 Å². The summed E-state index contributed by atoms with van der Waals surface area (Å²) in [5, 5.41) is 3.30. The highest BCUT2D eigenvalue weighted by atomic mass is 35.5. The molecule has 2 bridgehead atoms. The van der Waals surface area contributed by atoms with Gasteiger partial charge in [-0.25, -0.2) is 5.01 Å². The van der Waals surface area contributed by atoms with Crippen LogP contribution in [0.1, 0.15) is 35.2 Å². The van der Waals surface area contributed by atoms with Gasteiger partial charge in [0.25, 0.3) is 17.7 Å². The molecule has 160 valence electrons. The van der Waals surface area contributed by atoms with E-state index in [0.29, 0.717) is 15.6 Å². The fourth-order valence-electron chi connectivity index (χ4n) is 5.45. The number of carbonyl (C=O) groups is 3. The Hall–Kier alpha value is -2.08. The smallest absolute Gasteiger partial charge is 0.272 e. The molecule has 3 fully saturated rings. The molecule has 2 aromatic rings. The van der Waals surface area contributed by atoms with Crippen molar-refractivity contribution in [3.63, 3.8) is 0 Å².